The first-order valence-corrected chi connectivity index (χ1v) is 8.53. The van der Waals surface area contributed by atoms with Crippen LogP contribution < -0.4 is 0 Å². The number of Topliss-reactive ketones (excluding diaryl/α,β-unsaturated/α-hetero) is 1. The summed E-state index contributed by atoms with van der Waals surface area (Å²) in [7, 11) is 1.90. The number of ether oxygens (including phenoxy) is 1. The maximum absolute atomic E-state index is 12.2. The largest absolute Gasteiger partial charge is 0.457 e. The Bertz CT molecular complexity index is 763. The van der Waals surface area contributed by atoms with Crippen molar-refractivity contribution < 1.29 is 14.3 Å². The molecule has 7 heteroatoms. The van der Waals surface area contributed by atoms with Crippen molar-refractivity contribution in [3.63, 3.8) is 0 Å². The summed E-state index contributed by atoms with van der Waals surface area (Å²) in [6.45, 7) is 7.29. The molecule has 0 saturated carbocycles. The molecule has 0 aliphatic rings. The van der Waals surface area contributed by atoms with E-state index in [4.69, 9.17) is 4.74 Å². The average molecular weight is 347 g/mol. The molecule has 2 heterocycles. The number of esters is 1. The zero-order valence-electron chi connectivity index (χ0n) is 14.5. The van der Waals surface area contributed by atoms with Crippen molar-refractivity contribution in [3.05, 3.63) is 40.5 Å². The van der Waals surface area contributed by atoms with Gasteiger partial charge in [-0.1, -0.05) is 11.8 Å². The molecule has 0 saturated heterocycles. The minimum atomic E-state index is -0.457. The standard InChI is InChI=1S/C17H21N3O3S/c1-10-6-11(2)19-17(18-10)24-9-16(22)23-8-15(21)14-7-12(3)20(5)13(14)4/h6-7H,8-9H2,1-5H3. The van der Waals surface area contributed by atoms with Crippen LogP contribution in [0.2, 0.25) is 0 Å². The summed E-state index contributed by atoms with van der Waals surface area (Å²) < 4.78 is 7.00. The lowest BCUT2D eigenvalue weighted by Crippen LogP contribution is -2.16. The number of rotatable bonds is 6. The van der Waals surface area contributed by atoms with Crippen molar-refractivity contribution in [1.82, 2.24) is 14.5 Å². The molecule has 2 rings (SSSR count). The molecule has 6 nitrogen and oxygen atoms in total. The highest BCUT2D eigenvalue weighted by molar-refractivity contribution is 7.99. The normalized spacial score (nSPS) is 10.7. The zero-order chi connectivity index (χ0) is 17.9. The van der Waals surface area contributed by atoms with E-state index in [0.29, 0.717) is 10.7 Å². The van der Waals surface area contributed by atoms with E-state index in [9.17, 15) is 9.59 Å². The van der Waals surface area contributed by atoms with Gasteiger partial charge in [0.1, 0.15) is 0 Å². The van der Waals surface area contributed by atoms with E-state index in [2.05, 4.69) is 9.97 Å². The molecule has 0 aliphatic carbocycles. The molecule has 0 radical (unpaired) electrons. The number of aromatic nitrogens is 3. The van der Waals surface area contributed by atoms with Crippen molar-refractivity contribution in [3.8, 4) is 0 Å². The van der Waals surface area contributed by atoms with E-state index in [-0.39, 0.29) is 18.1 Å². The van der Waals surface area contributed by atoms with Crippen LogP contribution in [0.15, 0.2) is 17.3 Å². The Labute approximate surface area is 145 Å². The monoisotopic (exact) mass is 347 g/mol. The molecule has 0 amide bonds. The number of ketones is 1. The van der Waals surface area contributed by atoms with Crippen LogP contribution in [0.1, 0.15) is 33.1 Å². The second-order valence-electron chi connectivity index (χ2n) is 5.65. The van der Waals surface area contributed by atoms with Crippen LogP contribution in [0, 0.1) is 27.7 Å². The van der Waals surface area contributed by atoms with Gasteiger partial charge >= 0.3 is 5.97 Å². The van der Waals surface area contributed by atoms with Crippen LogP contribution in [-0.4, -0.2) is 38.6 Å². The molecule has 0 spiro atoms. The fourth-order valence-corrected chi connectivity index (χ4v) is 3.03. The van der Waals surface area contributed by atoms with Gasteiger partial charge in [0, 0.05) is 35.4 Å². The minimum Gasteiger partial charge on any atom is -0.457 e. The van der Waals surface area contributed by atoms with Crippen LogP contribution in [0.5, 0.6) is 0 Å². The van der Waals surface area contributed by atoms with E-state index >= 15 is 0 Å². The number of carbonyl (C=O) groups is 2. The van der Waals surface area contributed by atoms with Gasteiger partial charge in [0.15, 0.2) is 11.8 Å². The van der Waals surface area contributed by atoms with Gasteiger partial charge in [-0.3, -0.25) is 9.59 Å². The molecule has 0 unspecified atom stereocenters. The van der Waals surface area contributed by atoms with Gasteiger partial charge in [-0.05, 0) is 39.8 Å². The molecule has 0 bridgehead atoms. The van der Waals surface area contributed by atoms with Crippen molar-refractivity contribution >= 4 is 23.5 Å². The predicted octanol–water partition coefficient (Wildman–Crippen LogP) is 2.57. The third-order valence-electron chi connectivity index (χ3n) is 3.72. The van der Waals surface area contributed by atoms with Crippen molar-refractivity contribution in [1.29, 1.82) is 0 Å². The summed E-state index contributed by atoms with van der Waals surface area (Å²) >= 11 is 1.20. The van der Waals surface area contributed by atoms with Gasteiger partial charge in [0.2, 0.25) is 5.78 Å². The van der Waals surface area contributed by atoms with E-state index in [1.165, 1.54) is 11.8 Å². The maximum atomic E-state index is 12.2. The third-order valence-corrected chi connectivity index (χ3v) is 4.54. The Morgan fingerprint density at radius 3 is 2.29 bits per heavy atom. The van der Waals surface area contributed by atoms with Gasteiger partial charge in [-0.2, -0.15) is 0 Å². The highest BCUT2D eigenvalue weighted by atomic mass is 32.2. The first-order valence-electron chi connectivity index (χ1n) is 7.54. The van der Waals surface area contributed by atoms with Crippen LogP contribution in [0.4, 0.5) is 0 Å². The molecule has 0 N–H and O–H groups in total. The summed E-state index contributed by atoms with van der Waals surface area (Å²) in [6.07, 6.45) is 0. The number of carbonyl (C=O) groups excluding carboxylic acids is 2. The fraction of sp³-hybridized carbons (Fsp3) is 0.412. The lowest BCUT2D eigenvalue weighted by Gasteiger charge is -2.05. The van der Waals surface area contributed by atoms with Gasteiger partial charge in [-0.25, -0.2) is 9.97 Å². The van der Waals surface area contributed by atoms with Crippen molar-refractivity contribution in [2.24, 2.45) is 7.05 Å². The van der Waals surface area contributed by atoms with Crippen molar-refractivity contribution in [2.75, 3.05) is 12.4 Å². The highest BCUT2D eigenvalue weighted by Gasteiger charge is 2.16. The molecule has 128 valence electrons. The second-order valence-corrected chi connectivity index (χ2v) is 6.59. The maximum Gasteiger partial charge on any atom is 0.316 e. The first kappa shape index (κ1) is 18.2. The average Bonchev–Trinajstić information content (AvgIpc) is 2.77. The lowest BCUT2D eigenvalue weighted by molar-refractivity contribution is -0.139. The smallest absolute Gasteiger partial charge is 0.316 e. The van der Waals surface area contributed by atoms with E-state index < -0.39 is 5.97 Å². The highest BCUT2D eigenvalue weighted by Crippen LogP contribution is 2.16. The molecule has 24 heavy (non-hydrogen) atoms. The van der Waals surface area contributed by atoms with E-state index in [0.717, 1.165) is 22.8 Å². The van der Waals surface area contributed by atoms with Gasteiger partial charge in [-0.15, -0.1) is 0 Å². The second kappa shape index (κ2) is 7.61. The summed E-state index contributed by atoms with van der Waals surface area (Å²) in [5.74, 6) is -0.582. The third kappa shape index (κ3) is 4.44. The van der Waals surface area contributed by atoms with E-state index in [1.807, 2.05) is 51.4 Å². The molecule has 0 aromatic carbocycles. The molecular formula is C17H21N3O3S. The minimum absolute atomic E-state index is 0.0724. The Kier molecular flexibility index (Phi) is 5.77. The quantitative estimate of drug-likeness (QED) is 0.346. The Morgan fingerprint density at radius 1 is 1.12 bits per heavy atom. The Balaban J connectivity index is 1.86. The van der Waals surface area contributed by atoms with Crippen LogP contribution in [-0.2, 0) is 16.6 Å². The number of aryl methyl sites for hydroxylation is 3. The van der Waals surface area contributed by atoms with E-state index in [1.54, 1.807) is 0 Å². The van der Waals surface area contributed by atoms with Crippen molar-refractivity contribution in [2.45, 2.75) is 32.9 Å². The topological polar surface area (TPSA) is 74.1 Å². The summed E-state index contributed by atoms with van der Waals surface area (Å²) in [4.78, 5) is 32.5. The predicted molar refractivity (Wildman–Crippen MR) is 92.4 cm³/mol. The fourth-order valence-electron chi connectivity index (χ4n) is 2.28. The van der Waals surface area contributed by atoms with Crippen LogP contribution >= 0.6 is 11.8 Å². The molecular weight excluding hydrogens is 326 g/mol. The number of nitrogens with zero attached hydrogens (tertiary/aromatic N) is 3. The molecule has 2 aromatic heterocycles. The lowest BCUT2D eigenvalue weighted by atomic mass is 10.1. The van der Waals surface area contributed by atoms with Gasteiger partial charge < -0.3 is 9.30 Å². The molecule has 0 fully saturated rings. The zero-order valence-corrected chi connectivity index (χ0v) is 15.4. The number of hydrogen-bond donors (Lipinski definition) is 0. The van der Waals surface area contributed by atoms with Crippen LogP contribution in [0.3, 0.4) is 0 Å². The van der Waals surface area contributed by atoms with Gasteiger partial charge in [0.25, 0.3) is 0 Å². The number of thioether (sulfide) groups is 1. The van der Waals surface area contributed by atoms with Gasteiger partial charge in [0.05, 0.1) is 5.75 Å². The molecule has 2 aromatic rings. The van der Waals surface area contributed by atoms with Crippen LogP contribution in [0.25, 0.3) is 0 Å². The summed E-state index contributed by atoms with van der Waals surface area (Å²) in [5.41, 5.74) is 4.15. The summed E-state index contributed by atoms with van der Waals surface area (Å²) in [5, 5.41) is 0.533. The Hall–Kier alpha value is -2.15. The molecule has 0 aliphatic heterocycles. The first-order chi connectivity index (χ1) is 11.3. The Morgan fingerprint density at radius 2 is 1.75 bits per heavy atom. The SMILES string of the molecule is Cc1cc(C)nc(SCC(=O)OCC(=O)c2cc(C)n(C)c2C)n1. The summed E-state index contributed by atoms with van der Waals surface area (Å²) in [6, 6.07) is 3.68. The number of hydrogen-bond acceptors (Lipinski definition) is 6. The molecule has 0 atom stereocenters.